The van der Waals surface area contributed by atoms with E-state index in [-0.39, 0.29) is 0 Å². The van der Waals surface area contributed by atoms with Crippen molar-refractivity contribution < 1.29 is 0 Å². The molecule has 0 aliphatic carbocycles. The van der Waals surface area contributed by atoms with Crippen LogP contribution in [0.5, 0.6) is 0 Å². The van der Waals surface area contributed by atoms with Crippen molar-refractivity contribution in [3.05, 3.63) is 41.1 Å². The predicted octanol–water partition coefficient (Wildman–Crippen LogP) is 3.17. The Bertz CT molecular complexity index is 826. The maximum Gasteiger partial charge on any atom is 0.168 e. The number of aromatic nitrogens is 5. The first-order valence-electron chi connectivity index (χ1n) is 9.33. The van der Waals surface area contributed by atoms with Gasteiger partial charge in [0.2, 0.25) is 0 Å². The van der Waals surface area contributed by atoms with Crippen molar-refractivity contribution in [1.82, 2.24) is 29.6 Å². The molecule has 1 aliphatic rings. The van der Waals surface area contributed by atoms with Gasteiger partial charge in [-0.25, -0.2) is 14.6 Å². The number of nitrogens with zero attached hydrogens (tertiary/aromatic N) is 5. The van der Waals surface area contributed by atoms with Crippen LogP contribution in [0, 0.1) is 12.8 Å². The van der Waals surface area contributed by atoms with Crippen LogP contribution in [-0.4, -0.2) is 49.8 Å². The molecule has 138 valence electrons. The minimum absolute atomic E-state index is 0.701. The maximum atomic E-state index is 4.93. The largest absolute Gasteiger partial charge is 0.348 e. The lowest BCUT2D eigenvalue weighted by atomic mass is 9.94. The highest BCUT2D eigenvalue weighted by molar-refractivity contribution is 7.15. The Morgan fingerprint density at radius 3 is 2.81 bits per heavy atom. The summed E-state index contributed by atoms with van der Waals surface area (Å²) in [5.41, 5.74) is 1.13. The molecule has 1 fully saturated rings. The van der Waals surface area contributed by atoms with Gasteiger partial charge in [0, 0.05) is 36.2 Å². The number of thiophene rings is 1. The topological polar surface area (TPSA) is 62.6 Å². The molecule has 3 aromatic heterocycles. The molecule has 1 aliphatic heterocycles. The molecular formula is C19H26N6S. The first-order chi connectivity index (χ1) is 12.7. The van der Waals surface area contributed by atoms with E-state index in [4.69, 9.17) is 10.1 Å². The van der Waals surface area contributed by atoms with E-state index >= 15 is 0 Å². The van der Waals surface area contributed by atoms with Crippen molar-refractivity contribution in [1.29, 1.82) is 0 Å². The number of imidazole rings is 1. The van der Waals surface area contributed by atoms with Gasteiger partial charge in [0.15, 0.2) is 11.6 Å². The number of nitrogens with one attached hydrogen (secondary N) is 1. The van der Waals surface area contributed by atoms with Crippen LogP contribution < -0.4 is 0 Å². The quantitative estimate of drug-likeness (QED) is 0.724. The molecule has 0 radical (unpaired) electrons. The summed E-state index contributed by atoms with van der Waals surface area (Å²) in [4.78, 5) is 17.1. The molecule has 0 atom stereocenters. The summed E-state index contributed by atoms with van der Waals surface area (Å²) in [6.45, 7) is 5.32. The molecular weight excluding hydrogens is 344 g/mol. The highest BCUT2D eigenvalue weighted by atomic mass is 32.1. The van der Waals surface area contributed by atoms with Crippen molar-refractivity contribution in [3.8, 4) is 10.7 Å². The van der Waals surface area contributed by atoms with Crippen molar-refractivity contribution in [2.45, 2.75) is 39.2 Å². The lowest BCUT2D eigenvalue weighted by Gasteiger charge is -2.28. The van der Waals surface area contributed by atoms with Gasteiger partial charge >= 0.3 is 0 Å². The molecule has 0 unspecified atom stereocenters. The van der Waals surface area contributed by atoms with E-state index in [1.807, 2.05) is 6.20 Å². The van der Waals surface area contributed by atoms with Crippen molar-refractivity contribution in [2.24, 2.45) is 5.92 Å². The Morgan fingerprint density at radius 2 is 2.12 bits per heavy atom. The van der Waals surface area contributed by atoms with Crippen LogP contribution in [0.2, 0.25) is 0 Å². The van der Waals surface area contributed by atoms with Gasteiger partial charge in [-0.05, 0) is 58.0 Å². The molecule has 0 amide bonds. The lowest BCUT2D eigenvalue weighted by molar-refractivity contribution is 0.217. The highest BCUT2D eigenvalue weighted by Gasteiger charge is 2.21. The number of likely N-dealkylation sites (tertiary alicyclic amines) is 1. The van der Waals surface area contributed by atoms with E-state index in [9.17, 15) is 0 Å². The number of rotatable bonds is 6. The van der Waals surface area contributed by atoms with Crippen LogP contribution >= 0.6 is 11.3 Å². The fourth-order valence-corrected chi connectivity index (χ4v) is 4.40. The molecule has 26 heavy (non-hydrogen) atoms. The normalized spacial score (nSPS) is 16.4. The number of piperidine rings is 1. The van der Waals surface area contributed by atoms with Gasteiger partial charge in [-0.2, -0.15) is 5.10 Å². The van der Waals surface area contributed by atoms with E-state index in [1.54, 1.807) is 17.7 Å². The molecule has 1 saturated heterocycles. The average Bonchev–Trinajstić information content (AvgIpc) is 3.36. The Hall–Kier alpha value is -1.99. The van der Waals surface area contributed by atoms with Crippen LogP contribution in [0.3, 0.4) is 0 Å². The lowest BCUT2D eigenvalue weighted by Crippen LogP contribution is -2.31. The molecule has 0 spiro atoms. The van der Waals surface area contributed by atoms with Gasteiger partial charge in [0.25, 0.3) is 0 Å². The molecule has 4 heterocycles. The third-order valence-corrected chi connectivity index (χ3v) is 6.13. The Morgan fingerprint density at radius 1 is 1.27 bits per heavy atom. The predicted molar refractivity (Wildman–Crippen MR) is 104 cm³/mol. The molecule has 0 aromatic carbocycles. The number of hydrogen-bond acceptors (Lipinski definition) is 5. The second kappa shape index (κ2) is 7.72. The van der Waals surface area contributed by atoms with Crippen molar-refractivity contribution in [3.63, 3.8) is 0 Å². The van der Waals surface area contributed by atoms with Gasteiger partial charge in [0.05, 0.1) is 11.2 Å². The zero-order valence-electron chi connectivity index (χ0n) is 15.5. The first kappa shape index (κ1) is 17.4. The summed E-state index contributed by atoms with van der Waals surface area (Å²) < 4.78 is 2.08. The van der Waals surface area contributed by atoms with Gasteiger partial charge < -0.3 is 9.88 Å². The Labute approximate surface area is 158 Å². The third-order valence-electron chi connectivity index (χ3n) is 5.13. The van der Waals surface area contributed by atoms with Crippen molar-refractivity contribution >= 4 is 11.3 Å². The maximum absolute atomic E-state index is 4.93. The van der Waals surface area contributed by atoms with E-state index in [0.717, 1.165) is 36.7 Å². The van der Waals surface area contributed by atoms with E-state index in [2.05, 4.69) is 45.7 Å². The Balaban J connectivity index is 1.53. The summed E-state index contributed by atoms with van der Waals surface area (Å²) >= 11 is 1.79. The van der Waals surface area contributed by atoms with Crippen molar-refractivity contribution in [2.75, 3.05) is 20.1 Å². The number of hydrogen-bond donors (Lipinski definition) is 1. The Kier molecular flexibility index (Phi) is 5.17. The standard InChI is InChI=1S/C19H26N6S/c1-14-3-4-17(26-14)19-22-18(11-15-5-8-24(2)9-6-15)23-25(19)10-7-16-12-20-13-21-16/h3-4,12-13,15H,5-11H2,1-2H3,(H,20,21). The molecule has 0 saturated carbocycles. The molecule has 0 bridgehead atoms. The fourth-order valence-electron chi connectivity index (χ4n) is 3.54. The SMILES string of the molecule is Cc1ccc(-c2nc(CC3CCN(C)CC3)nn2CCc2cnc[nH]2)s1. The minimum atomic E-state index is 0.701. The monoisotopic (exact) mass is 370 g/mol. The van der Waals surface area contributed by atoms with E-state index in [1.165, 1.54) is 35.7 Å². The molecule has 7 heteroatoms. The number of H-pyrrole nitrogens is 1. The smallest absolute Gasteiger partial charge is 0.168 e. The van der Waals surface area contributed by atoms with Crippen LogP contribution in [0.4, 0.5) is 0 Å². The van der Waals surface area contributed by atoms with Gasteiger partial charge in [-0.3, -0.25) is 0 Å². The van der Waals surface area contributed by atoms with Crippen LogP contribution in [0.25, 0.3) is 10.7 Å². The van der Waals surface area contributed by atoms with Gasteiger partial charge in [0.1, 0.15) is 0 Å². The first-order valence-corrected chi connectivity index (χ1v) is 10.2. The third kappa shape index (κ3) is 4.04. The number of aryl methyl sites for hydroxylation is 3. The average molecular weight is 371 g/mol. The summed E-state index contributed by atoms with van der Waals surface area (Å²) in [7, 11) is 2.20. The summed E-state index contributed by atoms with van der Waals surface area (Å²) in [5, 5.41) is 4.87. The highest BCUT2D eigenvalue weighted by Crippen LogP contribution is 2.28. The zero-order chi connectivity index (χ0) is 17.9. The summed E-state index contributed by atoms with van der Waals surface area (Å²) in [5.74, 6) is 2.70. The van der Waals surface area contributed by atoms with Crippen LogP contribution in [0.15, 0.2) is 24.7 Å². The number of aromatic amines is 1. The van der Waals surface area contributed by atoms with Gasteiger partial charge in [-0.1, -0.05) is 0 Å². The fraction of sp³-hybridized carbons (Fsp3) is 0.526. The summed E-state index contributed by atoms with van der Waals surface area (Å²) in [6.07, 6.45) is 7.97. The second-order valence-corrected chi connectivity index (χ2v) is 8.55. The van der Waals surface area contributed by atoms with Crippen LogP contribution in [-0.2, 0) is 19.4 Å². The van der Waals surface area contributed by atoms with Gasteiger partial charge in [-0.15, -0.1) is 11.3 Å². The second-order valence-electron chi connectivity index (χ2n) is 7.26. The van der Waals surface area contributed by atoms with E-state index < -0.39 is 0 Å². The van der Waals surface area contributed by atoms with Crippen LogP contribution in [0.1, 0.15) is 29.2 Å². The minimum Gasteiger partial charge on any atom is -0.348 e. The molecule has 3 aromatic rings. The molecule has 1 N–H and O–H groups in total. The zero-order valence-corrected chi connectivity index (χ0v) is 16.3. The summed E-state index contributed by atoms with van der Waals surface area (Å²) in [6, 6.07) is 4.32. The molecule has 4 rings (SSSR count). The molecule has 6 nitrogen and oxygen atoms in total. The van der Waals surface area contributed by atoms with E-state index in [0.29, 0.717) is 5.92 Å².